The lowest BCUT2D eigenvalue weighted by molar-refractivity contribution is 0.140. The van der Waals surface area contributed by atoms with E-state index in [9.17, 15) is 0 Å². The first kappa shape index (κ1) is 13.1. The Kier molecular flexibility index (Phi) is 4.63. The third-order valence-electron chi connectivity index (χ3n) is 4.74. The molecule has 0 bridgehead atoms. The van der Waals surface area contributed by atoms with E-state index in [1.165, 1.54) is 58.2 Å². The van der Waals surface area contributed by atoms with Crippen LogP contribution in [-0.2, 0) is 0 Å². The zero-order valence-electron chi connectivity index (χ0n) is 11.5. The van der Waals surface area contributed by atoms with Crippen molar-refractivity contribution in [2.75, 3.05) is 19.6 Å². The van der Waals surface area contributed by atoms with Gasteiger partial charge in [-0.15, -0.1) is 0 Å². The van der Waals surface area contributed by atoms with Crippen LogP contribution in [0.4, 0.5) is 0 Å². The van der Waals surface area contributed by atoms with Crippen LogP contribution < -0.4 is 5.32 Å². The first-order valence-corrected chi connectivity index (χ1v) is 7.44. The topological polar surface area (TPSA) is 15.3 Å². The van der Waals surface area contributed by atoms with Gasteiger partial charge in [0.15, 0.2) is 0 Å². The maximum atomic E-state index is 3.80. The van der Waals surface area contributed by atoms with Gasteiger partial charge in [0.25, 0.3) is 0 Å². The van der Waals surface area contributed by atoms with Gasteiger partial charge in [-0.1, -0.05) is 26.0 Å². The fraction of sp³-hybridized carbons (Fsp3) is 0.867. The normalized spacial score (nSPS) is 30.1. The van der Waals surface area contributed by atoms with Crippen LogP contribution >= 0.6 is 0 Å². The van der Waals surface area contributed by atoms with Gasteiger partial charge in [0.2, 0.25) is 0 Å². The molecular formula is C15H28N2. The highest BCUT2D eigenvalue weighted by Crippen LogP contribution is 2.25. The molecule has 1 N–H and O–H groups in total. The van der Waals surface area contributed by atoms with E-state index in [4.69, 9.17) is 0 Å². The molecule has 17 heavy (non-hydrogen) atoms. The Bertz CT molecular complexity index is 256. The molecule has 0 aromatic rings. The van der Waals surface area contributed by atoms with Crippen molar-refractivity contribution in [1.82, 2.24) is 10.2 Å². The molecule has 98 valence electrons. The fourth-order valence-electron chi connectivity index (χ4n) is 3.30. The van der Waals surface area contributed by atoms with Crippen molar-refractivity contribution >= 4 is 0 Å². The molecule has 0 amide bonds. The molecule has 1 saturated heterocycles. The van der Waals surface area contributed by atoms with Gasteiger partial charge >= 0.3 is 0 Å². The molecule has 1 aliphatic heterocycles. The first-order chi connectivity index (χ1) is 8.29. The number of allylic oxidation sites excluding steroid dienone is 1. The predicted molar refractivity (Wildman–Crippen MR) is 74.3 cm³/mol. The third kappa shape index (κ3) is 3.11. The van der Waals surface area contributed by atoms with Gasteiger partial charge in [-0.2, -0.15) is 0 Å². The van der Waals surface area contributed by atoms with Crippen LogP contribution in [-0.4, -0.2) is 36.1 Å². The van der Waals surface area contributed by atoms with Gasteiger partial charge in [0.1, 0.15) is 0 Å². The minimum Gasteiger partial charge on any atom is -0.310 e. The van der Waals surface area contributed by atoms with Gasteiger partial charge in [-0.25, -0.2) is 0 Å². The summed E-state index contributed by atoms with van der Waals surface area (Å²) >= 11 is 0. The second kappa shape index (κ2) is 6.01. The Labute approximate surface area is 106 Å². The molecule has 2 heteroatoms. The van der Waals surface area contributed by atoms with E-state index in [-0.39, 0.29) is 0 Å². The van der Waals surface area contributed by atoms with Gasteiger partial charge < -0.3 is 5.32 Å². The number of nitrogens with one attached hydrogen (secondary N) is 1. The largest absolute Gasteiger partial charge is 0.310 e. The quantitative estimate of drug-likeness (QED) is 0.758. The lowest BCUT2D eigenvalue weighted by atomic mass is 9.90. The Hall–Kier alpha value is -0.340. The standard InChI is InChI=1S/C15H28N2/c1-3-15(4-2)13-17(12-8-11-16-15)14-9-6-5-7-10-14/h5-6,14,16H,3-4,7-13H2,1-2H3. The third-order valence-corrected chi connectivity index (χ3v) is 4.74. The Balaban J connectivity index is 2.03. The van der Waals surface area contributed by atoms with Crippen LogP contribution in [0, 0.1) is 0 Å². The van der Waals surface area contributed by atoms with Gasteiger partial charge in [-0.3, -0.25) is 4.90 Å². The van der Waals surface area contributed by atoms with E-state index < -0.39 is 0 Å². The van der Waals surface area contributed by atoms with Crippen LogP contribution in [0.15, 0.2) is 12.2 Å². The van der Waals surface area contributed by atoms with E-state index in [2.05, 4.69) is 36.2 Å². The first-order valence-electron chi connectivity index (χ1n) is 7.44. The molecular weight excluding hydrogens is 208 g/mol. The van der Waals surface area contributed by atoms with Crippen LogP contribution in [0.25, 0.3) is 0 Å². The summed E-state index contributed by atoms with van der Waals surface area (Å²) in [7, 11) is 0. The van der Waals surface area contributed by atoms with Gasteiger partial charge in [-0.05, 0) is 51.6 Å². The van der Waals surface area contributed by atoms with Crippen LogP contribution in [0.1, 0.15) is 52.4 Å². The number of nitrogens with zero attached hydrogens (tertiary/aromatic N) is 1. The molecule has 1 unspecified atom stereocenters. The second-order valence-electron chi connectivity index (χ2n) is 5.68. The molecule has 0 radical (unpaired) electrons. The highest BCUT2D eigenvalue weighted by atomic mass is 15.2. The maximum Gasteiger partial charge on any atom is 0.0303 e. The summed E-state index contributed by atoms with van der Waals surface area (Å²) in [5.74, 6) is 0. The minimum absolute atomic E-state index is 0.373. The molecule has 1 heterocycles. The van der Waals surface area contributed by atoms with Crippen molar-refractivity contribution < 1.29 is 0 Å². The SMILES string of the molecule is CCC1(CC)CN(C2CC=CCC2)CCCN1. The van der Waals surface area contributed by atoms with Gasteiger partial charge in [0, 0.05) is 18.1 Å². The summed E-state index contributed by atoms with van der Waals surface area (Å²) in [6, 6.07) is 0.803. The summed E-state index contributed by atoms with van der Waals surface area (Å²) in [5, 5.41) is 3.80. The molecule has 2 rings (SSSR count). The van der Waals surface area contributed by atoms with E-state index in [0.717, 1.165) is 6.04 Å². The van der Waals surface area contributed by atoms with E-state index in [1.807, 2.05) is 0 Å². The lowest BCUT2D eigenvalue weighted by Crippen LogP contribution is -2.52. The van der Waals surface area contributed by atoms with Crippen molar-refractivity contribution in [1.29, 1.82) is 0 Å². The predicted octanol–water partition coefficient (Wildman–Crippen LogP) is 2.95. The van der Waals surface area contributed by atoms with Crippen molar-refractivity contribution in [3.05, 3.63) is 12.2 Å². The van der Waals surface area contributed by atoms with Crippen molar-refractivity contribution in [2.24, 2.45) is 0 Å². The molecule has 0 saturated carbocycles. The van der Waals surface area contributed by atoms with Gasteiger partial charge in [0.05, 0.1) is 0 Å². The van der Waals surface area contributed by atoms with Crippen molar-refractivity contribution in [3.63, 3.8) is 0 Å². The second-order valence-corrected chi connectivity index (χ2v) is 5.68. The van der Waals surface area contributed by atoms with Crippen LogP contribution in [0.5, 0.6) is 0 Å². The highest BCUT2D eigenvalue weighted by Gasteiger charge is 2.32. The van der Waals surface area contributed by atoms with Crippen LogP contribution in [0.2, 0.25) is 0 Å². The highest BCUT2D eigenvalue weighted by molar-refractivity contribution is 4.98. The van der Waals surface area contributed by atoms with E-state index in [0.29, 0.717) is 5.54 Å². The monoisotopic (exact) mass is 236 g/mol. The molecule has 2 aliphatic rings. The van der Waals surface area contributed by atoms with Crippen molar-refractivity contribution in [3.8, 4) is 0 Å². The number of rotatable bonds is 3. The zero-order chi connectivity index (χ0) is 12.1. The Morgan fingerprint density at radius 3 is 2.76 bits per heavy atom. The molecule has 0 aromatic heterocycles. The fourth-order valence-corrected chi connectivity index (χ4v) is 3.30. The maximum absolute atomic E-state index is 3.80. The average Bonchev–Trinajstić information content (AvgIpc) is 2.63. The van der Waals surface area contributed by atoms with E-state index in [1.54, 1.807) is 0 Å². The lowest BCUT2D eigenvalue weighted by Gasteiger charge is -2.39. The summed E-state index contributed by atoms with van der Waals surface area (Å²) in [6.45, 7) is 8.40. The number of hydrogen-bond acceptors (Lipinski definition) is 2. The molecule has 0 aromatic carbocycles. The Morgan fingerprint density at radius 1 is 1.29 bits per heavy atom. The molecule has 1 atom stereocenters. The summed E-state index contributed by atoms with van der Waals surface area (Å²) in [4.78, 5) is 2.76. The molecule has 0 spiro atoms. The minimum atomic E-state index is 0.373. The molecule has 1 aliphatic carbocycles. The summed E-state index contributed by atoms with van der Waals surface area (Å²) in [6.07, 6.45) is 12.4. The number of hydrogen-bond donors (Lipinski definition) is 1. The average molecular weight is 236 g/mol. The van der Waals surface area contributed by atoms with Crippen molar-refractivity contribution in [2.45, 2.75) is 64.0 Å². The summed E-state index contributed by atoms with van der Waals surface area (Å²) in [5.41, 5.74) is 0.373. The van der Waals surface area contributed by atoms with E-state index >= 15 is 0 Å². The van der Waals surface area contributed by atoms with Crippen LogP contribution in [0.3, 0.4) is 0 Å². The molecule has 2 nitrogen and oxygen atoms in total. The summed E-state index contributed by atoms with van der Waals surface area (Å²) < 4.78 is 0. The zero-order valence-corrected chi connectivity index (χ0v) is 11.5. The Morgan fingerprint density at radius 2 is 2.12 bits per heavy atom. The molecule has 1 fully saturated rings. The smallest absolute Gasteiger partial charge is 0.0303 e.